The Bertz CT molecular complexity index is 376. The molecule has 2 heterocycles. The third kappa shape index (κ3) is 3.54. The highest BCUT2D eigenvalue weighted by molar-refractivity contribution is 4.91. The van der Waals surface area contributed by atoms with Crippen molar-refractivity contribution in [2.24, 2.45) is 0 Å². The first-order valence-corrected chi connectivity index (χ1v) is 7.62. The van der Waals surface area contributed by atoms with Gasteiger partial charge in [-0.25, -0.2) is 9.67 Å². The number of nitrogens with one attached hydrogen (secondary N) is 1. The summed E-state index contributed by atoms with van der Waals surface area (Å²) in [4.78, 5) is 7.01. The molecule has 1 aromatic rings. The highest BCUT2D eigenvalue weighted by atomic mass is 15.4. The largest absolute Gasteiger partial charge is 0.311 e. The minimum absolute atomic E-state index is 0.616. The molecule has 2 rings (SSSR count). The lowest BCUT2D eigenvalue weighted by molar-refractivity contribution is 0.112. The van der Waals surface area contributed by atoms with Crippen LogP contribution in [0.25, 0.3) is 0 Å². The SMILES string of the molecule is CCCn1ncnc1CN1CC(CC)NCC1CC. The van der Waals surface area contributed by atoms with E-state index >= 15 is 0 Å². The Hall–Kier alpha value is -0.940. The smallest absolute Gasteiger partial charge is 0.141 e. The standard InChI is InChI=1S/C14H27N5/c1-4-7-19-14(16-11-17-19)10-18-9-12(5-2)15-8-13(18)6-3/h11-13,15H,4-10H2,1-3H3. The fourth-order valence-electron chi connectivity index (χ4n) is 2.79. The van der Waals surface area contributed by atoms with Crippen molar-refractivity contribution in [1.82, 2.24) is 25.0 Å². The second-order valence-corrected chi connectivity index (χ2v) is 5.40. The molecule has 1 saturated heterocycles. The van der Waals surface area contributed by atoms with Crippen molar-refractivity contribution in [2.45, 2.75) is 65.2 Å². The number of nitrogens with zero attached hydrogens (tertiary/aromatic N) is 4. The molecule has 0 saturated carbocycles. The highest BCUT2D eigenvalue weighted by Crippen LogP contribution is 2.15. The summed E-state index contributed by atoms with van der Waals surface area (Å²) < 4.78 is 2.05. The molecule has 0 radical (unpaired) electrons. The maximum Gasteiger partial charge on any atom is 0.141 e. The van der Waals surface area contributed by atoms with E-state index in [9.17, 15) is 0 Å². The summed E-state index contributed by atoms with van der Waals surface area (Å²) in [7, 11) is 0. The zero-order valence-electron chi connectivity index (χ0n) is 12.5. The van der Waals surface area contributed by atoms with Crippen molar-refractivity contribution in [3.8, 4) is 0 Å². The molecule has 1 fully saturated rings. The van der Waals surface area contributed by atoms with Gasteiger partial charge in [-0.15, -0.1) is 0 Å². The minimum Gasteiger partial charge on any atom is -0.311 e. The van der Waals surface area contributed by atoms with E-state index < -0.39 is 0 Å². The Kier molecular flexibility index (Phi) is 5.34. The van der Waals surface area contributed by atoms with E-state index in [0.29, 0.717) is 12.1 Å². The van der Waals surface area contributed by atoms with E-state index in [1.165, 1.54) is 12.8 Å². The van der Waals surface area contributed by atoms with Gasteiger partial charge in [-0.3, -0.25) is 4.90 Å². The van der Waals surface area contributed by atoms with Crippen molar-refractivity contribution in [3.05, 3.63) is 12.2 Å². The zero-order valence-corrected chi connectivity index (χ0v) is 12.5. The number of piperazine rings is 1. The van der Waals surface area contributed by atoms with Crippen LogP contribution in [-0.2, 0) is 13.1 Å². The molecule has 0 aromatic carbocycles. The van der Waals surface area contributed by atoms with Gasteiger partial charge in [0.15, 0.2) is 0 Å². The molecule has 1 aromatic heterocycles. The molecule has 5 nitrogen and oxygen atoms in total. The van der Waals surface area contributed by atoms with Crippen molar-refractivity contribution < 1.29 is 0 Å². The average Bonchev–Trinajstić information content (AvgIpc) is 2.86. The summed E-state index contributed by atoms with van der Waals surface area (Å²) in [6.45, 7) is 10.8. The van der Waals surface area contributed by atoms with Crippen molar-refractivity contribution in [2.75, 3.05) is 13.1 Å². The first-order chi connectivity index (χ1) is 9.28. The molecule has 0 bridgehead atoms. The second-order valence-electron chi connectivity index (χ2n) is 5.40. The van der Waals surface area contributed by atoms with Gasteiger partial charge < -0.3 is 5.32 Å². The molecule has 5 heteroatoms. The van der Waals surface area contributed by atoms with Crippen LogP contribution in [0.15, 0.2) is 6.33 Å². The number of aryl methyl sites for hydroxylation is 1. The van der Waals surface area contributed by atoms with Crippen LogP contribution in [0.5, 0.6) is 0 Å². The average molecular weight is 265 g/mol. The van der Waals surface area contributed by atoms with Gasteiger partial charge in [0.2, 0.25) is 0 Å². The molecule has 2 unspecified atom stereocenters. The molecular formula is C14H27N5. The molecule has 0 aliphatic carbocycles. The third-order valence-electron chi connectivity index (χ3n) is 4.05. The fourth-order valence-corrected chi connectivity index (χ4v) is 2.79. The predicted molar refractivity (Wildman–Crippen MR) is 76.9 cm³/mol. The van der Waals surface area contributed by atoms with Crippen LogP contribution in [0.3, 0.4) is 0 Å². The number of hydrogen-bond donors (Lipinski definition) is 1. The lowest BCUT2D eigenvalue weighted by atomic mass is 10.1. The van der Waals surface area contributed by atoms with Gasteiger partial charge in [0.05, 0.1) is 6.54 Å². The van der Waals surface area contributed by atoms with E-state index in [0.717, 1.165) is 38.4 Å². The summed E-state index contributed by atoms with van der Waals surface area (Å²) in [6.07, 6.45) is 5.16. The Labute approximate surface area is 116 Å². The summed E-state index contributed by atoms with van der Waals surface area (Å²) in [5, 5.41) is 7.96. The predicted octanol–water partition coefficient (Wildman–Crippen LogP) is 1.65. The number of hydrogen-bond acceptors (Lipinski definition) is 4. The first kappa shape index (κ1) is 14.5. The number of aromatic nitrogens is 3. The van der Waals surface area contributed by atoms with Crippen LogP contribution in [0.4, 0.5) is 0 Å². The summed E-state index contributed by atoms with van der Waals surface area (Å²) in [6, 6.07) is 1.24. The van der Waals surface area contributed by atoms with Crippen LogP contribution in [0.1, 0.15) is 45.9 Å². The molecule has 0 amide bonds. The molecule has 1 N–H and O–H groups in total. The Morgan fingerprint density at radius 2 is 2.16 bits per heavy atom. The lowest BCUT2D eigenvalue weighted by Gasteiger charge is -2.39. The summed E-state index contributed by atoms with van der Waals surface area (Å²) >= 11 is 0. The van der Waals surface area contributed by atoms with Crippen LogP contribution >= 0.6 is 0 Å². The lowest BCUT2D eigenvalue weighted by Crippen LogP contribution is -2.55. The van der Waals surface area contributed by atoms with Crippen LogP contribution < -0.4 is 5.32 Å². The zero-order chi connectivity index (χ0) is 13.7. The Balaban J connectivity index is 2.03. The van der Waals surface area contributed by atoms with E-state index in [1.807, 2.05) is 0 Å². The van der Waals surface area contributed by atoms with Crippen molar-refractivity contribution in [3.63, 3.8) is 0 Å². The maximum atomic E-state index is 4.44. The van der Waals surface area contributed by atoms with Gasteiger partial charge in [-0.2, -0.15) is 5.10 Å². The molecule has 0 spiro atoms. The monoisotopic (exact) mass is 265 g/mol. The summed E-state index contributed by atoms with van der Waals surface area (Å²) in [5.74, 6) is 1.11. The quantitative estimate of drug-likeness (QED) is 0.849. The first-order valence-electron chi connectivity index (χ1n) is 7.62. The van der Waals surface area contributed by atoms with Gasteiger partial charge in [-0.1, -0.05) is 20.8 Å². The van der Waals surface area contributed by atoms with Gasteiger partial charge in [0.1, 0.15) is 12.2 Å². The van der Waals surface area contributed by atoms with Crippen molar-refractivity contribution >= 4 is 0 Å². The Morgan fingerprint density at radius 3 is 2.84 bits per heavy atom. The van der Waals surface area contributed by atoms with Crippen LogP contribution in [-0.4, -0.2) is 44.8 Å². The van der Waals surface area contributed by atoms with E-state index in [-0.39, 0.29) is 0 Å². The highest BCUT2D eigenvalue weighted by Gasteiger charge is 2.26. The van der Waals surface area contributed by atoms with E-state index in [4.69, 9.17) is 0 Å². The normalized spacial score (nSPS) is 24.8. The van der Waals surface area contributed by atoms with Gasteiger partial charge in [0, 0.05) is 31.7 Å². The fraction of sp³-hybridized carbons (Fsp3) is 0.857. The molecule has 108 valence electrons. The Morgan fingerprint density at radius 1 is 1.32 bits per heavy atom. The van der Waals surface area contributed by atoms with E-state index in [1.54, 1.807) is 6.33 Å². The van der Waals surface area contributed by atoms with Crippen LogP contribution in [0, 0.1) is 0 Å². The number of rotatable bonds is 6. The molecule has 1 aliphatic rings. The van der Waals surface area contributed by atoms with Gasteiger partial charge >= 0.3 is 0 Å². The molecular weight excluding hydrogens is 238 g/mol. The van der Waals surface area contributed by atoms with Crippen LogP contribution in [0.2, 0.25) is 0 Å². The van der Waals surface area contributed by atoms with E-state index in [2.05, 4.69) is 45.8 Å². The second kappa shape index (κ2) is 7.01. The third-order valence-corrected chi connectivity index (χ3v) is 4.05. The molecule has 19 heavy (non-hydrogen) atoms. The minimum atomic E-state index is 0.616. The maximum absolute atomic E-state index is 4.44. The molecule has 2 atom stereocenters. The van der Waals surface area contributed by atoms with Gasteiger partial charge in [0.25, 0.3) is 0 Å². The van der Waals surface area contributed by atoms with Crippen molar-refractivity contribution in [1.29, 1.82) is 0 Å². The topological polar surface area (TPSA) is 46.0 Å². The van der Waals surface area contributed by atoms with Gasteiger partial charge in [-0.05, 0) is 19.3 Å². The molecule has 1 aliphatic heterocycles. The summed E-state index contributed by atoms with van der Waals surface area (Å²) in [5.41, 5.74) is 0.